The second-order valence-corrected chi connectivity index (χ2v) is 3.84. The second-order valence-electron chi connectivity index (χ2n) is 3.84. The van der Waals surface area contributed by atoms with Crippen molar-refractivity contribution < 1.29 is 9.47 Å². The number of hydrogen-bond acceptors (Lipinski definition) is 3. The van der Waals surface area contributed by atoms with E-state index < -0.39 is 0 Å². The zero-order chi connectivity index (χ0) is 11.5. The molecule has 0 spiro atoms. The Morgan fingerprint density at radius 1 is 1.27 bits per heavy atom. The first-order valence-electron chi connectivity index (χ1n) is 5.06. The van der Waals surface area contributed by atoms with Crippen LogP contribution in [0.4, 0.5) is 0 Å². The lowest BCUT2D eigenvalue weighted by Gasteiger charge is -2.25. The van der Waals surface area contributed by atoms with Crippen LogP contribution in [0.1, 0.15) is 25.8 Å². The maximum atomic E-state index is 6.18. The van der Waals surface area contributed by atoms with Gasteiger partial charge in [-0.05, 0) is 25.5 Å². The van der Waals surface area contributed by atoms with E-state index in [1.165, 1.54) is 0 Å². The molecule has 0 saturated heterocycles. The molecule has 0 aliphatic heterocycles. The van der Waals surface area contributed by atoms with E-state index in [0.29, 0.717) is 0 Å². The Morgan fingerprint density at radius 3 is 2.40 bits per heavy atom. The van der Waals surface area contributed by atoms with E-state index in [-0.39, 0.29) is 5.54 Å². The number of nitrogens with two attached hydrogens (primary N) is 1. The molecule has 0 saturated carbocycles. The first-order chi connectivity index (χ1) is 7.05. The Balaban J connectivity index is 3.18. The molecule has 0 aliphatic carbocycles. The van der Waals surface area contributed by atoms with E-state index in [0.717, 1.165) is 23.5 Å². The number of ether oxygens (including phenoxy) is 2. The monoisotopic (exact) mass is 209 g/mol. The molecule has 1 atom stereocenters. The number of rotatable bonds is 4. The smallest absolute Gasteiger partial charge is 0.127 e. The molecular weight excluding hydrogens is 190 g/mol. The predicted octanol–water partition coefficient (Wildman–Crippen LogP) is 2.29. The van der Waals surface area contributed by atoms with Crippen molar-refractivity contribution in [3.05, 3.63) is 23.8 Å². The van der Waals surface area contributed by atoms with E-state index in [1.54, 1.807) is 14.2 Å². The highest BCUT2D eigenvalue weighted by Crippen LogP contribution is 2.33. The third-order valence-electron chi connectivity index (χ3n) is 2.76. The highest BCUT2D eigenvalue weighted by atomic mass is 16.5. The molecule has 0 fully saturated rings. The summed E-state index contributed by atoms with van der Waals surface area (Å²) in [5.41, 5.74) is 6.83. The van der Waals surface area contributed by atoms with E-state index >= 15 is 0 Å². The molecule has 0 amide bonds. The zero-order valence-electron chi connectivity index (χ0n) is 9.83. The number of benzene rings is 1. The van der Waals surface area contributed by atoms with Crippen LogP contribution in [0.5, 0.6) is 11.5 Å². The molecule has 1 unspecified atom stereocenters. The van der Waals surface area contributed by atoms with E-state index in [2.05, 4.69) is 6.92 Å². The van der Waals surface area contributed by atoms with Gasteiger partial charge in [-0.15, -0.1) is 0 Å². The zero-order valence-corrected chi connectivity index (χ0v) is 9.83. The van der Waals surface area contributed by atoms with Gasteiger partial charge in [0.2, 0.25) is 0 Å². The van der Waals surface area contributed by atoms with Crippen LogP contribution in [0.25, 0.3) is 0 Å². The lowest BCUT2D eigenvalue weighted by atomic mass is 9.90. The van der Waals surface area contributed by atoms with Crippen LogP contribution < -0.4 is 15.2 Å². The van der Waals surface area contributed by atoms with E-state index in [9.17, 15) is 0 Å². The molecule has 0 radical (unpaired) electrons. The van der Waals surface area contributed by atoms with Crippen molar-refractivity contribution in [3.63, 3.8) is 0 Å². The first-order valence-corrected chi connectivity index (χ1v) is 5.06. The molecule has 0 heterocycles. The SMILES string of the molecule is CCC(C)(N)c1ccc(OC)cc1OC. The molecule has 0 bridgehead atoms. The first kappa shape index (κ1) is 11.9. The van der Waals surface area contributed by atoms with Gasteiger partial charge in [0.1, 0.15) is 11.5 Å². The van der Waals surface area contributed by atoms with Gasteiger partial charge in [-0.25, -0.2) is 0 Å². The molecule has 1 rings (SSSR count). The van der Waals surface area contributed by atoms with Gasteiger partial charge in [0.15, 0.2) is 0 Å². The van der Waals surface area contributed by atoms with E-state index in [1.807, 2.05) is 25.1 Å². The number of hydrogen-bond donors (Lipinski definition) is 1. The highest BCUT2D eigenvalue weighted by Gasteiger charge is 2.23. The van der Waals surface area contributed by atoms with Crippen molar-refractivity contribution in [3.8, 4) is 11.5 Å². The fourth-order valence-electron chi connectivity index (χ4n) is 1.46. The van der Waals surface area contributed by atoms with Crippen LogP contribution in [0.15, 0.2) is 18.2 Å². The molecule has 84 valence electrons. The molecule has 0 aliphatic rings. The minimum Gasteiger partial charge on any atom is -0.497 e. The fourth-order valence-corrected chi connectivity index (χ4v) is 1.46. The van der Waals surface area contributed by atoms with Gasteiger partial charge in [0.25, 0.3) is 0 Å². The molecule has 0 aromatic heterocycles. The summed E-state index contributed by atoms with van der Waals surface area (Å²) in [6.45, 7) is 4.06. The van der Waals surface area contributed by atoms with Gasteiger partial charge in [-0.3, -0.25) is 0 Å². The third-order valence-corrected chi connectivity index (χ3v) is 2.76. The van der Waals surface area contributed by atoms with Crippen molar-refractivity contribution in [2.75, 3.05) is 14.2 Å². The molecule has 1 aromatic rings. The Morgan fingerprint density at radius 2 is 1.93 bits per heavy atom. The van der Waals surface area contributed by atoms with Gasteiger partial charge in [-0.1, -0.05) is 6.92 Å². The van der Waals surface area contributed by atoms with E-state index in [4.69, 9.17) is 15.2 Å². The second kappa shape index (κ2) is 4.53. The fraction of sp³-hybridized carbons (Fsp3) is 0.500. The average Bonchev–Trinajstić information content (AvgIpc) is 2.28. The standard InChI is InChI=1S/C12H19NO2/c1-5-12(2,13)10-7-6-9(14-3)8-11(10)15-4/h6-8H,5,13H2,1-4H3. The van der Waals surface area contributed by atoms with Gasteiger partial charge >= 0.3 is 0 Å². The quantitative estimate of drug-likeness (QED) is 0.827. The average molecular weight is 209 g/mol. The van der Waals surface area contributed by atoms with Crippen molar-refractivity contribution in [2.24, 2.45) is 5.73 Å². The number of methoxy groups -OCH3 is 2. The normalized spacial score (nSPS) is 14.5. The van der Waals surface area contributed by atoms with Gasteiger partial charge in [0, 0.05) is 17.2 Å². The molecule has 3 heteroatoms. The van der Waals surface area contributed by atoms with Crippen LogP contribution in [-0.4, -0.2) is 14.2 Å². The van der Waals surface area contributed by atoms with Crippen LogP contribution in [0.3, 0.4) is 0 Å². The highest BCUT2D eigenvalue weighted by molar-refractivity contribution is 5.44. The Hall–Kier alpha value is -1.22. The maximum Gasteiger partial charge on any atom is 0.127 e. The van der Waals surface area contributed by atoms with Crippen molar-refractivity contribution >= 4 is 0 Å². The topological polar surface area (TPSA) is 44.5 Å². The van der Waals surface area contributed by atoms with Crippen LogP contribution in [0, 0.1) is 0 Å². The Kier molecular flexibility index (Phi) is 3.58. The van der Waals surface area contributed by atoms with Crippen LogP contribution in [-0.2, 0) is 5.54 Å². The Bertz CT molecular complexity index is 334. The molecule has 1 aromatic carbocycles. The summed E-state index contributed by atoms with van der Waals surface area (Å²) in [5, 5.41) is 0. The summed E-state index contributed by atoms with van der Waals surface area (Å²) < 4.78 is 10.5. The minimum absolute atomic E-state index is 0.363. The molecule has 2 N–H and O–H groups in total. The van der Waals surface area contributed by atoms with Crippen LogP contribution >= 0.6 is 0 Å². The lowest BCUT2D eigenvalue weighted by molar-refractivity contribution is 0.373. The third kappa shape index (κ3) is 2.42. The van der Waals surface area contributed by atoms with Crippen LogP contribution in [0.2, 0.25) is 0 Å². The largest absolute Gasteiger partial charge is 0.497 e. The summed E-state index contributed by atoms with van der Waals surface area (Å²) in [7, 11) is 3.28. The van der Waals surface area contributed by atoms with Crippen molar-refractivity contribution in [1.82, 2.24) is 0 Å². The van der Waals surface area contributed by atoms with Crippen molar-refractivity contribution in [2.45, 2.75) is 25.8 Å². The van der Waals surface area contributed by atoms with Gasteiger partial charge in [-0.2, -0.15) is 0 Å². The summed E-state index contributed by atoms with van der Waals surface area (Å²) in [6.07, 6.45) is 0.857. The molecule has 15 heavy (non-hydrogen) atoms. The van der Waals surface area contributed by atoms with Gasteiger partial charge < -0.3 is 15.2 Å². The maximum absolute atomic E-state index is 6.18. The predicted molar refractivity (Wildman–Crippen MR) is 61.4 cm³/mol. The summed E-state index contributed by atoms with van der Waals surface area (Å²) in [5.74, 6) is 1.56. The minimum atomic E-state index is -0.363. The summed E-state index contributed by atoms with van der Waals surface area (Å²) >= 11 is 0. The molecule has 3 nitrogen and oxygen atoms in total. The summed E-state index contributed by atoms with van der Waals surface area (Å²) in [4.78, 5) is 0. The molecular formula is C12H19NO2. The Labute approximate surface area is 91.2 Å². The van der Waals surface area contributed by atoms with Crippen molar-refractivity contribution in [1.29, 1.82) is 0 Å². The van der Waals surface area contributed by atoms with Gasteiger partial charge in [0.05, 0.1) is 14.2 Å². The summed E-state index contributed by atoms with van der Waals surface area (Å²) in [6, 6.07) is 5.72. The lowest BCUT2D eigenvalue weighted by Crippen LogP contribution is -2.32.